The number of anilines is 1. The molecule has 2 aliphatic carbocycles. The molecule has 0 aromatic heterocycles. The average Bonchev–Trinajstić information content (AvgIpc) is 3.05. The number of amides is 2. The fourth-order valence-electron chi connectivity index (χ4n) is 5.68. The molecule has 4 rings (SSSR count). The molecule has 218 valence electrons. The van der Waals surface area contributed by atoms with Crippen molar-refractivity contribution in [3.8, 4) is 0 Å². The van der Waals surface area contributed by atoms with Gasteiger partial charge in [0.2, 0.25) is 5.91 Å². The van der Waals surface area contributed by atoms with E-state index in [4.69, 9.17) is 16.3 Å². The molecule has 0 aliphatic heterocycles. The topological polar surface area (TPSA) is 122 Å². The van der Waals surface area contributed by atoms with Gasteiger partial charge in [-0.25, -0.2) is 17.2 Å². The number of hydrogen-bond donors (Lipinski definition) is 3. The first-order chi connectivity index (χ1) is 18.7. The molecule has 4 atom stereocenters. The summed E-state index contributed by atoms with van der Waals surface area (Å²) in [6, 6.07) is 6.67. The number of carbonyl (C=O) groups is 2. The van der Waals surface area contributed by atoms with Gasteiger partial charge in [0.25, 0.3) is 5.91 Å². The molecular formula is C28H33ClF2N2O6S. The summed E-state index contributed by atoms with van der Waals surface area (Å²) in [6.45, 7) is 3.92. The lowest BCUT2D eigenvalue weighted by Crippen LogP contribution is -2.51. The number of ether oxygens (including phenoxy) is 1. The van der Waals surface area contributed by atoms with Crippen LogP contribution in [0.4, 0.5) is 14.5 Å². The van der Waals surface area contributed by atoms with Crippen LogP contribution in [0, 0.1) is 23.5 Å². The molecule has 0 heterocycles. The van der Waals surface area contributed by atoms with Gasteiger partial charge in [0, 0.05) is 31.0 Å². The highest BCUT2D eigenvalue weighted by molar-refractivity contribution is 7.92. The summed E-state index contributed by atoms with van der Waals surface area (Å²) in [5.74, 6) is -4.05. The fourth-order valence-corrected chi connectivity index (χ4v) is 8.08. The summed E-state index contributed by atoms with van der Waals surface area (Å²) in [5, 5.41) is 15.8. The highest BCUT2D eigenvalue weighted by Crippen LogP contribution is 2.53. The molecule has 2 bridgehead atoms. The van der Waals surface area contributed by atoms with Crippen molar-refractivity contribution < 1.29 is 36.6 Å². The summed E-state index contributed by atoms with van der Waals surface area (Å²) in [5.41, 5.74) is -1.91. The summed E-state index contributed by atoms with van der Waals surface area (Å²) in [4.78, 5) is 25.2. The van der Waals surface area contributed by atoms with Crippen molar-refractivity contribution in [1.82, 2.24) is 5.32 Å². The Morgan fingerprint density at radius 2 is 1.75 bits per heavy atom. The van der Waals surface area contributed by atoms with Gasteiger partial charge in [0.1, 0.15) is 0 Å². The standard InChI is InChI=1S/C28H33ClF2N2O6S/c1-27(2,39-3)15-32-25(34)14-28(36)17-5-6-18(28)12-20(11-17)40(37,38)24-10-16(4-8-21(24)29)26(35)33-19-7-9-22(30)23(31)13-19/h4,7-10,13,17-18,20,36H,5-6,11-12,14-15H2,1-3H3,(H,32,34)(H,33,35)/t17-,18?,20?,28-/m0/s1. The van der Waals surface area contributed by atoms with Crippen LogP contribution in [0.25, 0.3) is 0 Å². The Hall–Kier alpha value is -2.60. The largest absolute Gasteiger partial charge is 0.389 e. The minimum absolute atomic E-state index is 0.00113. The SMILES string of the molecule is COC(C)(C)CNC(=O)C[C@@]1(O)C2CC[C@H]1CC(S(=O)(=O)c1cc(C(=O)Nc3ccc(F)c(F)c3)ccc1Cl)C2. The van der Waals surface area contributed by atoms with Gasteiger partial charge in [-0.15, -0.1) is 0 Å². The van der Waals surface area contributed by atoms with Crippen LogP contribution in [0.1, 0.15) is 56.3 Å². The maximum absolute atomic E-state index is 13.7. The van der Waals surface area contributed by atoms with Gasteiger partial charge in [-0.05, 0) is 81.7 Å². The van der Waals surface area contributed by atoms with E-state index in [9.17, 15) is 31.9 Å². The zero-order chi connectivity index (χ0) is 29.5. The number of nitrogens with one attached hydrogen (secondary N) is 2. The van der Waals surface area contributed by atoms with E-state index in [-0.39, 0.29) is 52.9 Å². The van der Waals surface area contributed by atoms with Crippen LogP contribution >= 0.6 is 11.6 Å². The molecule has 12 heteroatoms. The molecule has 2 aliphatic rings. The van der Waals surface area contributed by atoms with E-state index in [2.05, 4.69) is 10.6 Å². The highest BCUT2D eigenvalue weighted by Gasteiger charge is 2.56. The highest BCUT2D eigenvalue weighted by atomic mass is 35.5. The van der Waals surface area contributed by atoms with E-state index in [0.29, 0.717) is 12.8 Å². The van der Waals surface area contributed by atoms with Crippen molar-refractivity contribution >= 4 is 38.9 Å². The summed E-state index contributed by atoms with van der Waals surface area (Å²) in [6.07, 6.45) is 1.35. The third kappa shape index (κ3) is 6.17. The van der Waals surface area contributed by atoms with Gasteiger partial charge >= 0.3 is 0 Å². The molecule has 2 amide bonds. The van der Waals surface area contributed by atoms with Crippen LogP contribution in [-0.2, 0) is 19.4 Å². The molecule has 40 heavy (non-hydrogen) atoms. The second-order valence-corrected chi connectivity index (χ2v) is 13.9. The Bertz CT molecular complexity index is 1400. The van der Waals surface area contributed by atoms with Crippen molar-refractivity contribution in [3.63, 3.8) is 0 Å². The monoisotopic (exact) mass is 598 g/mol. The third-order valence-electron chi connectivity index (χ3n) is 8.20. The first kappa shape index (κ1) is 30.4. The number of carbonyl (C=O) groups excluding carboxylic acids is 2. The smallest absolute Gasteiger partial charge is 0.255 e. The number of methoxy groups -OCH3 is 1. The van der Waals surface area contributed by atoms with Crippen molar-refractivity contribution in [2.24, 2.45) is 11.8 Å². The minimum Gasteiger partial charge on any atom is -0.389 e. The summed E-state index contributed by atoms with van der Waals surface area (Å²) < 4.78 is 59.5. The molecule has 2 aromatic rings. The quantitative estimate of drug-likeness (QED) is 0.391. The first-order valence-electron chi connectivity index (χ1n) is 13.0. The van der Waals surface area contributed by atoms with Gasteiger partial charge < -0.3 is 20.5 Å². The minimum atomic E-state index is -4.02. The Morgan fingerprint density at radius 3 is 2.35 bits per heavy atom. The van der Waals surface area contributed by atoms with Gasteiger partial charge in [-0.1, -0.05) is 11.6 Å². The van der Waals surface area contributed by atoms with Gasteiger partial charge in [0.15, 0.2) is 21.5 Å². The summed E-state index contributed by atoms with van der Waals surface area (Å²) >= 11 is 6.29. The van der Waals surface area contributed by atoms with E-state index in [1.807, 2.05) is 13.8 Å². The van der Waals surface area contributed by atoms with Crippen LogP contribution in [0.3, 0.4) is 0 Å². The molecule has 2 aromatic carbocycles. The number of halogens is 3. The lowest BCUT2D eigenvalue weighted by molar-refractivity contribution is -0.133. The molecule has 3 N–H and O–H groups in total. The maximum atomic E-state index is 13.7. The van der Waals surface area contributed by atoms with Crippen LogP contribution < -0.4 is 10.6 Å². The lowest BCUT2D eigenvalue weighted by Gasteiger charge is -2.42. The van der Waals surface area contributed by atoms with Gasteiger partial charge in [-0.3, -0.25) is 9.59 Å². The average molecular weight is 599 g/mol. The van der Waals surface area contributed by atoms with Crippen LogP contribution in [0.5, 0.6) is 0 Å². The Morgan fingerprint density at radius 1 is 1.10 bits per heavy atom. The second-order valence-electron chi connectivity index (χ2n) is 11.2. The van der Waals surface area contributed by atoms with Crippen molar-refractivity contribution in [3.05, 3.63) is 58.6 Å². The molecule has 0 saturated heterocycles. The number of fused-ring (bicyclic) bond motifs is 2. The number of hydrogen-bond acceptors (Lipinski definition) is 6. The third-order valence-corrected chi connectivity index (χ3v) is 10.9. The first-order valence-corrected chi connectivity index (χ1v) is 14.9. The molecule has 0 spiro atoms. The van der Waals surface area contributed by atoms with E-state index < -0.39 is 55.7 Å². The van der Waals surface area contributed by atoms with Crippen LogP contribution in [0.15, 0.2) is 41.3 Å². The number of benzene rings is 2. The van der Waals surface area contributed by atoms with E-state index in [0.717, 1.165) is 12.1 Å². The fraction of sp³-hybridized carbons (Fsp3) is 0.500. The van der Waals surface area contributed by atoms with Crippen molar-refractivity contribution in [2.75, 3.05) is 19.0 Å². The van der Waals surface area contributed by atoms with E-state index in [1.165, 1.54) is 24.3 Å². The van der Waals surface area contributed by atoms with Crippen molar-refractivity contribution in [1.29, 1.82) is 0 Å². The number of aliphatic hydroxyl groups is 1. The zero-order valence-electron chi connectivity index (χ0n) is 22.5. The molecular weight excluding hydrogens is 566 g/mol. The second kappa shape index (κ2) is 11.3. The van der Waals surface area contributed by atoms with E-state index in [1.54, 1.807) is 7.11 Å². The van der Waals surface area contributed by atoms with Crippen molar-refractivity contribution in [2.45, 2.75) is 67.3 Å². The Labute approximate surface area is 237 Å². The van der Waals surface area contributed by atoms with Gasteiger partial charge in [0.05, 0.1) is 32.8 Å². The molecule has 8 nitrogen and oxygen atoms in total. The van der Waals surface area contributed by atoms with Crippen LogP contribution in [-0.4, -0.2) is 55.4 Å². The normalized spacial score (nSPS) is 24.5. The maximum Gasteiger partial charge on any atom is 0.255 e. The molecule has 2 saturated carbocycles. The molecule has 0 radical (unpaired) electrons. The molecule has 2 fully saturated rings. The van der Waals surface area contributed by atoms with E-state index >= 15 is 0 Å². The lowest BCUT2D eigenvalue weighted by atomic mass is 9.72. The zero-order valence-corrected chi connectivity index (χ0v) is 24.0. The number of sulfone groups is 1. The summed E-state index contributed by atoms with van der Waals surface area (Å²) in [7, 11) is -2.48. The number of rotatable bonds is 9. The van der Waals surface area contributed by atoms with Crippen LogP contribution in [0.2, 0.25) is 5.02 Å². The predicted molar refractivity (Wildman–Crippen MR) is 146 cm³/mol. The Kier molecular flexibility index (Phi) is 8.61. The molecule has 2 unspecified atom stereocenters. The van der Waals surface area contributed by atoms with Gasteiger partial charge in [-0.2, -0.15) is 0 Å². The Balaban J connectivity index is 1.49. The predicted octanol–water partition coefficient (Wildman–Crippen LogP) is 4.50.